The average Bonchev–Trinajstić information content (AvgIpc) is 3.19. The maximum absolute atomic E-state index is 12.2. The third-order valence-corrected chi connectivity index (χ3v) is 4.43. The zero-order valence-electron chi connectivity index (χ0n) is 11.4. The molecule has 0 radical (unpaired) electrons. The summed E-state index contributed by atoms with van der Waals surface area (Å²) in [7, 11) is 0. The average molecular weight is 284 g/mol. The minimum atomic E-state index is -0.0605. The number of hydrogen-bond donors (Lipinski definition) is 2. The third-order valence-electron chi connectivity index (χ3n) is 4.43. The van der Waals surface area contributed by atoms with Gasteiger partial charge in [-0.05, 0) is 21.6 Å². The van der Waals surface area contributed by atoms with Crippen molar-refractivity contribution in [3.63, 3.8) is 0 Å². The number of aromatic nitrogens is 4. The van der Waals surface area contributed by atoms with Crippen molar-refractivity contribution in [1.82, 2.24) is 30.8 Å². The highest BCUT2D eigenvalue weighted by molar-refractivity contribution is 5.76. The Hall–Kier alpha value is -2.28. The number of hydrogen-bond acceptors (Lipinski definition) is 5. The molecule has 1 amide bonds. The summed E-state index contributed by atoms with van der Waals surface area (Å²) < 4.78 is 1.43. The smallest absolute Gasteiger partial charge is 0.242 e. The molecule has 2 N–H and O–H groups in total. The standard InChI is InChI=1S/C14H16N6O/c21-13(7-20-8-16-18-19-20)17-14-10-4-2-1-3-9(10)11-5-15-6-12(11)14/h1-4,8,11-12,14-15H,5-7H2,(H,17,21)/t11-,12-,14+/m0/s1. The summed E-state index contributed by atoms with van der Waals surface area (Å²) in [5.74, 6) is 0.870. The van der Waals surface area contributed by atoms with Gasteiger partial charge >= 0.3 is 0 Å². The topological polar surface area (TPSA) is 84.7 Å². The Kier molecular flexibility index (Phi) is 2.92. The van der Waals surface area contributed by atoms with Gasteiger partial charge in [-0.1, -0.05) is 24.3 Å². The molecule has 21 heavy (non-hydrogen) atoms. The van der Waals surface area contributed by atoms with Crippen molar-refractivity contribution in [2.75, 3.05) is 13.1 Å². The number of nitrogens with one attached hydrogen (secondary N) is 2. The Balaban J connectivity index is 1.55. The van der Waals surface area contributed by atoms with Crippen molar-refractivity contribution < 1.29 is 4.79 Å². The summed E-state index contributed by atoms with van der Waals surface area (Å²) in [5.41, 5.74) is 2.61. The Morgan fingerprint density at radius 1 is 1.33 bits per heavy atom. The number of amides is 1. The van der Waals surface area contributed by atoms with Crippen LogP contribution in [-0.4, -0.2) is 39.2 Å². The summed E-state index contributed by atoms with van der Waals surface area (Å²) in [6.07, 6.45) is 1.45. The van der Waals surface area contributed by atoms with Crippen LogP contribution in [0.2, 0.25) is 0 Å². The van der Waals surface area contributed by atoms with Crippen molar-refractivity contribution in [1.29, 1.82) is 0 Å². The van der Waals surface area contributed by atoms with Crippen molar-refractivity contribution in [3.8, 4) is 0 Å². The molecule has 1 aromatic carbocycles. The largest absolute Gasteiger partial charge is 0.347 e. The SMILES string of the molecule is O=C(Cn1cnnn1)N[C@@H]1c2ccccc2[C@@H]2CNC[C@H]12. The van der Waals surface area contributed by atoms with Crippen LogP contribution >= 0.6 is 0 Å². The fourth-order valence-electron chi connectivity index (χ4n) is 3.56. The first kappa shape index (κ1) is 12.5. The van der Waals surface area contributed by atoms with Gasteiger partial charge in [-0.15, -0.1) is 5.10 Å². The number of tetrazole rings is 1. The molecule has 1 fully saturated rings. The van der Waals surface area contributed by atoms with Crippen LogP contribution in [0.1, 0.15) is 23.1 Å². The molecule has 1 aliphatic carbocycles. The first-order chi connectivity index (χ1) is 10.3. The first-order valence-corrected chi connectivity index (χ1v) is 7.12. The van der Waals surface area contributed by atoms with Gasteiger partial charge in [-0.25, -0.2) is 4.68 Å². The van der Waals surface area contributed by atoms with E-state index >= 15 is 0 Å². The van der Waals surface area contributed by atoms with Gasteiger partial charge in [0.15, 0.2) is 0 Å². The lowest BCUT2D eigenvalue weighted by Gasteiger charge is -2.20. The van der Waals surface area contributed by atoms with Crippen molar-refractivity contribution in [3.05, 3.63) is 41.7 Å². The van der Waals surface area contributed by atoms with E-state index in [0.29, 0.717) is 11.8 Å². The van der Waals surface area contributed by atoms with E-state index in [-0.39, 0.29) is 18.5 Å². The van der Waals surface area contributed by atoms with E-state index in [1.54, 1.807) is 0 Å². The van der Waals surface area contributed by atoms with E-state index in [1.807, 2.05) is 6.07 Å². The van der Waals surface area contributed by atoms with Crippen LogP contribution in [0.4, 0.5) is 0 Å². The van der Waals surface area contributed by atoms with Crippen molar-refractivity contribution in [2.45, 2.75) is 18.5 Å². The van der Waals surface area contributed by atoms with Crippen molar-refractivity contribution in [2.24, 2.45) is 5.92 Å². The molecule has 2 heterocycles. The summed E-state index contributed by atoms with van der Waals surface area (Å²) in [5, 5.41) is 17.4. The van der Waals surface area contributed by atoms with Gasteiger partial charge in [-0.3, -0.25) is 4.79 Å². The molecule has 2 aliphatic rings. The summed E-state index contributed by atoms with van der Waals surface area (Å²) in [6.45, 7) is 2.08. The van der Waals surface area contributed by atoms with E-state index in [9.17, 15) is 4.79 Å². The Bertz CT molecular complexity index is 655. The maximum Gasteiger partial charge on any atom is 0.242 e. The normalized spacial score (nSPS) is 26.4. The van der Waals surface area contributed by atoms with E-state index in [1.165, 1.54) is 22.1 Å². The van der Waals surface area contributed by atoms with Gasteiger partial charge in [0.05, 0.1) is 6.04 Å². The highest BCUT2D eigenvalue weighted by atomic mass is 16.2. The number of nitrogens with zero attached hydrogens (tertiary/aromatic N) is 4. The fraction of sp³-hybridized carbons (Fsp3) is 0.429. The zero-order chi connectivity index (χ0) is 14.2. The predicted molar refractivity (Wildman–Crippen MR) is 74.2 cm³/mol. The second kappa shape index (κ2) is 4.92. The molecule has 1 aromatic heterocycles. The van der Waals surface area contributed by atoms with Gasteiger partial charge in [0, 0.05) is 24.9 Å². The van der Waals surface area contributed by atoms with Crippen molar-refractivity contribution >= 4 is 5.91 Å². The maximum atomic E-state index is 12.2. The van der Waals surface area contributed by atoms with Crippen LogP contribution in [-0.2, 0) is 11.3 Å². The number of rotatable bonds is 3. The predicted octanol–water partition coefficient (Wildman–Crippen LogP) is -0.153. The quantitative estimate of drug-likeness (QED) is 0.818. The second-order valence-electron chi connectivity index (χ2n) is 5.61. The molecule has 1 aliphatic heterocycles. The van der Waals surface area contributed by atoms with Crippen LogP contribution in [0.25, 0.3) is 0 Å². The molecule has 2 aromatic rings. The molecule has 7 heteroatoms. The molecule has 108 valence electrons. The summed E-state index contributed by atoms with van der Waals surface area (Å²) >= 11 is 0. The molecule has 0 bridgehead atoms. The molecule has 4 rings (SSSR count). The van der Waals surface area contributed by atoms with Crippen LogP contribution < -0.4 is 10.6 Å². The molecular weight excluding hydrogens is 268 g/mol. The molecule has 0 saturated carbocycles. The van der Waals surface area contributed by atoms with E-state index in [4.69, 9.17) is 0 Å². The second-order valence-corrected chi connectivity index (χ2v) is 5.61. The molecule has 0 unspecified atom stereocenters. The van der Waals surface area contributed by atoms with Gasteiger partial charge in [0.2, 0.25) is 5.91 Å². The lowest BCUT2D eigenvalue weighted by atomic mass is 9.94. The Morgan fingerprint density at radius 2 is 2.19 bits per heavy atom. The Labute approximate surface area is 121 Å². The molecular formula is C14H16N6O. The van der Waals surface area contributed by atoms with Crippen LogP contribution in [0, 0.1) is 5.92 Å². The zero-order valence-corrected chi connectivity index (χ0v) is 11.4. The fourth-order valence-corrected chi connectivity index (χ4v) is 3.56. The van der Waals surface area contributed by atoms with Crippen LogP contribution in [0.15, 0.2) is 30.6 Å². The van der Waals surface area contributed by atoms with E-state index in [2.05, 4.69) is 44.4 Å². The first-order valence-electron chi connectivity index (χ1n) is 7.12. The minimum Gasteiger partial charge on any atom is -0.347 e. The third kappa shape index (κ3) is 2.09. The molecule has 7 nitrogen and oxygen atoms in total. The summed E-state index contributed by atoms with van der Waals surface area (Å²) in [6, 6.07) is 8.47. The molecule has 3 atom stereocenters. The summed E-state index contributed by atoms with van der Waals surface area (Å²) in [4.78, 5) is 12.2. The van der Waals surface area contributed by atoms with E-state index in [0.717, 1.165) is 13.1 Å². The van der Waals surface area contributed by atoms with Crippen LogP contribution in [0.5, 0.6) is 0 Å². The Morgan fingerprint density at radius 3 is 3.00 bits per heavy atom. The number of carbonyl (C=O) groups excluding carboxylic acids is 1. The van der Waals surface area contributed by atoms with Crippen LogP contribution in [0.3, 0.4) is 0 Å². The highest BCUT2D eigenvalue weighted by Gasteiger charge is 2.43. The molecule has 1 saturated heterocycles. The van der Waals surface area contributed by atoms with Gasteiger partial charge in [-0.2, -0.15) is 0 Å². The lowest BCUT2D eigenvalue weighted by Crippen LogP contribution is -2.35. The van der Waals surface area contributed by atoms with E-state index < -0.39 is 0 Å². The minimum absolute atomic E-state index is 0.0605. The van der Waals surface area contributed by atoms with Gasteiger partial charge in [0.1, 0.15) is 12.9 Å². The van der Waals surface area contributed by atoms with Gasteiger partial charge in [0.25, 0.3) is 0 Å². The lowest BCUT2D eigenvalue weighted by molar-refractivity contribution is -0.122. The number of carbonyl (C=O) groups is 1. The van der Waals surface area contributed by atoms with Gasteiger partial charge < -0.3 is 10.6 Å². The highest BCUT2D eigenvalue weighted by Crippen LogP contribution is 2.46. The number of benzene rings is 1. The molecule has 0 spiro atoms. The number of fused-ring (bicyclic) bond motifs is 3. The monoisotopic (exact) mass is 284 g/mol.